The highest BCUT2D eigenvalue weighted by atomic mass is 32.1. The zero-order chi connectivity index (χ0) is 43.5. The third kappa shape index (κ3) is 5.55. The maximum Gasteiger partial charge on any atom is 0.333 e. The number of fused-ring (bicyclic) bond motifs is 12. The van der Waals surface area contributed by atoms with E-state index in [1.807, 2.05) is 22.7 Å². The van der Waals surface area contributed by atoms with Gasteiger partial charge in [0.05, 0.1) is 10.5 Å². The van der Waals surface area contributed by atoms with E-state index in [1.54, 1.807) is 0 Å². The van der Waals surface area contributed by atoms with Gasteiger partial charge in [-0.3, -0.25) is 0 Å². The summed E-state index contributed by atoms with van der Waals surface area (Å²) in [5.74, 6) is 0. The molecule has 0 amide bonds. The third-order valence-electron chi connectivity index (χ3n) is 14.1. The van der Waals surface area contributed by atoms with Crippen LogP contribution in [0.4, 0.5) is 34.1 Å². The SMILES string of the molecule is CCCCc1ccc(N2c3cc4sc5ccccc5c4cc3B3c4c(cc(N(c5ccccc5)c5ccccc5)cc42)-c2cccc4c5c6ccccc6sc5n3c24)c(-c2ccccc2)c1. The molecule has 9 aromatic carbocycles. The minimum absolute atomic E-state index is 0.0766. The Labute approximate surface area is 392 Å². The normalized spacial score (nSPS) is 12.7. The summed E-state index contributed by atoms with van der Waals surface area (Å²) < 4.78 is 6.69. The molecule has 0 fully saturated rings. The molecule has 0 spiro atoms. The standard InChI is InChI=1S/C60H42BN3S2/c1-2-3-18-38-31-32-51(47(33-38)39-19-7-4-8-20-39)63-52-37-56-48(43-25-13-15-29-54(43)65-56)36-50(52)61-58-49(34-42(35-53(58)63)62(40-21-9-5-10-22-40)41-23-11-6-12-24-41)44-27-17-28-46-57-45-26-14-16-30-55(45)66-60(57)64(61)59(44)46/h4-17,19-37H,2-3,18H2,1H3. The first-order valence-corrected chi connectivity index (χ1v) is 24.8. The molecule has 0 aliphatic carbocycles. The number of hydrogen-bond acceptors (Lipinski definition) is 4. The minimum Gasteiger partial charge on any atom is -0.367 e. The molecule has 0 saturated heterocycles. The zero-order valence-corrected chi connectivity index (χ0v) is 38.0. The molecule has 0 atom stereocenters. The molecule has 0 bridgehead atoms. The summed E-state index contributed by atoms with van der Waals surface area (Å²) >= 11 is 3.84. The Balaban J connectivity index is 1.16. The van der Waals surface area contributed by atoms with Crippen molar-refractivity contribution >= 4 is 126 Å². The molecule has 0 saturated carbocycles. The largest absolute Gasteiger partial charge is 0.367 e. The van der Waals surface area contributed by atoms with Crippen LogP contribution in [-0.4, -0.2) is 11.3 Å². The predicted octanol–water partition coefficient (Wildman–Crippen LogP) is 16.3. The minimum atomic E-state index is -0.0766. The molecule has 5 heterocycles. The first-order valence-electron chi connectivity index (χ1n) is 23.2. The van der Waals surface area contributed by atoms with Crippen LogP contribution in [0.25, 0.3) is 73.6 Å². The van der Waals surface area contributed by atoms with Crippen molar-refractivity contribution in [2.75, 3.05) is 9.80 Å². The van der Waals surface area contributed by atoms with Crippen molar-refractivity contribution < 1.29 is 0 Å². The van der Waals surface area contributed by atoms with Gasteiger partial charge in [0, 0.05) is 86.1 Å². The van der Waals surface area contributed by atoms with Crippen molar-refractivity contribution in [1.29, 1.82) is 0 Å². The van der Waals surface area contributed by atoms with Gasteiger partial charge < -0.3 is 14.3 Å². The maximum atomic E-state index is 2.74. The summed E-state index contributed by atoms with van der Waals surface area (Å²) in [5.41, 5.74) is 17.4. The highest BCUT2D eigenvalue weighted by molar-refractivity contribution is 7.26. The molecule has 0 radical (unpaired) electrons. The first-order chi connectivity index (χ1) is 32.7. The van der Waals surface area contributed by atoms with Crippen molar-refractivity contribution in [3.63, 3.8) is 0 Å². The van der Waals surface area contributed by atoms with E-state index in [2.05, 4.69) is 221 Å². The number of aromatic nitrogens is 1. The van der Waals surface area contributed by atoms with Gasteiger partial charge in [0.15, 0.2) is 0 Å². The first kappa shape index (κ1) is 37.9. The molecule has 0 N–H and O–H groups in total. The Kier molecular flexibility index (Phi) is 8.53. The Morgan fingerprint density at radius 2 is 1.17 bits per heavy atom. The van der Waals surface area contributed by atoms with Crippen LogP contribution >= 0.6 is 22.7 Å². The molecule has 312 valence electrons. The van der Waals surface area contributed by atoms with Crippen LogP contribution in [0.15, 0.2) is 200 Å². The molecule has 0 unspecified atom stereocenters. The fraction of sp³-hybridized carbons (Fsp3) is 0.0667. The Morgan fingerprint density at radius 3 is 1.92 bits per heavy atom. The van der Waals surface area contributed by atoms with E-state index in [-0.39, 0.29) is 6.85 Å². The van der Waals surface area contributed by atoms with E-state index in [4.69, 9.17) is 0 Å². The summed E-state index contributed by atoms with van der Waals surface area (Å²) in [6.07, 6.45) is 3.37. The second-order valence-corrected chi connectivity index (χ2v) is 20.0. The van der Waals surface area contributed by atoms with Crippen molar-refractivity contribution in [2.24, 2.45) is 0 Å². The summed E-state index contributed by atoms with van der Waals surface area (Å²) in [5, 5.41) is 6.65. The van der Waals surface area contributed by atoms with Crippen LogP contribution in [0.1, 0.15) is 25.3 Å². The van der Waals surface area contributed by atoms with Crippen LogP contribution in [0.2, 0.25) is 0 Å². The van der Waals surface area contributed by atoms with Gasteiger partial charge in [-0.2, -0.15) is 0 Å². The number of aryl methyl sites for hydroxylation is 1. The quantitative estimate of drug-likeness (QED) is 0.141. The monoisotopic (exact) mass is 879 g/mol. The van der Waals surface area contributed by atoms with Crippen LogP contribution in [0.5, 0.6) is 0 Å². The highest BCUT2D eigenvalue weighted by Gasteiger charge is 2.44. The van der Waals surface area contributed by atoms with Gasteiger partial charge in [0.1, 0.15) is 0 Å². The summed E-state index contributed by atoms with van der Waals surface area (Å²) in [4.78, 5) is 6.43. The van der Waals surface area contributed by atoms with E-state index >= 15 is 0 Å². The lowest BCUT2D eigenvalue weighted by Crippen LogP contribution is -2.56. The lowest BCUT2D eigenvalue weighted by atomic mass is 9.45. The van der Waals surface area contributed by atoms with Gasteiger partial charge in [-0.05, 0) is 107 Å². The number of nitrogens with zero attached hydrogens (tertiary/aromatic N) is 3. The number of hydrogen-bond donors (Lipinski definition) is 0. The van der Waals surface area contributed by atoms with Crippen molar-refractivity contribution in [3.8, 4) is 22.3 Å². The average molecular weight is 880 g/mol. The fourth-order valence-electron chi connectivity index (χ4n) is 11.2. The van der Waals surface area contributed by atoms with E-state index in [0.717, 1.165) is 36.3 Å². The van der Waals surface area contributed by atoms with Crippen LogP contribution in [0, 0.1) is 0 Å². The second kappa shape index (κ2) is 14.8. The zero-order valence-electron chi connectivity index (χ0n) is 36.4. The number of benzene rings is 9. The summed E-state index contributed by atoms with van der Waals surface area (Å²) in [6, 6.07) is 75.2. The molecular weight excluding hydrogens is 838 g/mol. The maximum absolute atomic E-state index is 2.74. The number of unbranched alkanes of at least 4 members (excludes halogenated alkanes) is 1. The molecule has 2 aliphatic heterocycles. The van der Waals surface area contributed by atoms with Crippen LogP contribution in [0.3, 0.4) is 0 Å². The van der Waals surface area contributed by atoms with Gasteiger partial charge in [-0.15, -0.1) is 22.7 Å². The Morgan fingerprint density at radius 1 is 0.485 bits per heavy atom. The van der Waals surface area contributed by atoms with E-state index in [1.165, 1.54) is 107 Å². The molecule has 3 nitrogen and oxygen atoms in total. The second-order valence-electron chi connectivity index (χ2n) is 17.8. The third-order valence-corrected chi connectivity index (χ3v) is 16.4. The summed E-state index contributed by atoms with van der Waals surface area (Å²) in [7, 11) is 0. The fourth-order valence-corrected chi connectivity index (χ4v) is 13.6. The number of thiophene rings is 2. The van der Waals surface area contributed by atoms with Crippen molar-refractivity contribution in [2.45, 2.75) is 26.2 Å². The van der Waals surface area contributed by atoms with Crippen LogP contribution < -0.4 is 20.7 Å². The predicted molar refractivity (Wildman–Crippen MR) is 287 cm³/mol. The molecule has 66 heavy (non-hydrogen) atoms. The molecule has 12 aromatic rings. The van der Waals surface area contributed by atoms with Gasteiger partial charge in [0.2, 0.25) is 0 Å². The van der Waals surface area contributed by atoms with Gasteiger partial charge in [0.25, 0.3) is 0 Å². The van der Waals surface area contributed by atoms with E-state index in [0.29, 0.717) is 0 Å². The van der Waals surface area contributed by atoms with Crippen molar-refractivity contribution in [1.82, 2.24) is 4.48 Å². The van der Waals surface area contributed by atoms with Gasteiger partial charge >= 0.3 is 6.85 Å². The van der Waals surface area contributed by atoms with Crippen LogP contribution in [-0.2, 0) is 6.42 Å². The number of anilines is 6. The molecule has 6 heteroatoms. The number of para-hydroxylation sites is 3. The van der Waals surface area contributed by atoms with Gasteiger partial charge in [-0.1, -0.05) is 147 Å². The summed E-state index contributed by atoms with van der Waals surface area (Å²) in [6.45, 7) is 2.21. The highest BCUT2D eigenvalue weighted by Crippen LogP contribution is 2.52. The number of rotatable bonds is 8. The van der Waals surface area contributed by atoms with E-state index < -0.39 is 0 Å². The van der Waals surface area contributed by atoms with Crippen molar-refractivity contribution in [3.05, 3.63) is 206 Å². The molecular formula is C60H42BN3S2. The lowest BCUT2D eigenvalue weighted by molar-refractivity contribution is 0.795. The smallest absolute Gasteiger partial charge is 0.333 e. The Hall–Kier alpha value is -7.38. The van der Waals surface area contributed by atoms with Gasteiger partial charge in [-0.25, -0.2) is 0 Å². The molecule has 2 aliphatic rings. The Bertz CT molecular complexity index is 3850. The molecule has 14 rings (SSSR count). The average Bonchev–Trinajstić information content (AvgIpc) is 4.04. The van der Waals surface area contributed by atoms with E-state index in [9.17, 15) is 0 Å². The topological polar surface area (TPSA) is 11.4 Å². The molecule has 3 aromatic heterocycles. The lowest BCUT2D eigenvalue weighted by Gasteiger charge is -2.42.